The largest absolute Gasteiger partial charge is 0.454 e. The van der Waals surface area contributed by atoms with E-state index in [0.717, 1.165) is 22.5 Å². The highest BCUT2D eigenvalue weighted by Crippen LogP contribution is 2.32. The molecule has 0 aliphatic carbocycles. The molecule has 128 valence electrons. The topological polar surface area (TPSA) is 65.4 Å². The molecule has 0 bridgehead atoms. The summed E-state index contributed by atoms with van der Waals surface area (Å²) in [5, 5.41) is 6.06. The molecule has 1 atom stereocenters. The number of hydrogen-bond acceptors (Lipinski definition) is 4. The van der Waals surface area contributed by atoms with Crippen molar-refractivity contribution in [1.29, 1.82) is 0 Å². The molecule has 3 rings (SSSR count). The Morgan fingerprint density at radius 2 is 2.08 bits per heavy atom. The maximum absolute atomic E-state index is 12.5. The van der Waals surface area contributed by atoms with Gasteiger partial charge in [-0.2, -0.15) is 18.3 Å². The average molecular weight is 341 g/mol. The van der Waals surface area contributed by atoms with Crippen LogP contribution in [0.2, 0.25) is 0 Å². The van der Waals surface area contributed by atoms with Gasteiger partial charge >= 0.3 is 6.18 Å². The van der Waals surface area contributed by atoms with Crippen molar-refractivity contribution in [1.82, 2.24) is 15.1 Å². The molecule has 0 radical (unpaired) electrons. The minimum Gasteiger partial charge on any atom is -0.454 e. The van der Waals surface area contributed by atoms with Crippen LogP contribution >= 0.6 is 0 Å². The lowest BCUT2D eigenvalue weighted by Gasteiger charge is -2.13. The van der Waals surface area contributed by atoms with E-state index in [4.69, 9.17) is 9.47 Å². The molecule has 1 aromatic heterocycles. The first-order chi connectivity index (χ1) is 11.3. The van der Waals surface area contributed by atoms with Crippen molar-refractivity contribution in [2.75, 3.05) is 6.79 Å². The number of amides is 1. The van der Waals surface area contributed by atoms with Gasteiger partial charge in [0.15, 0.2) is 17.2 Å². The molecule has 2 aromatic rings. The van der Waals surface area contributed by atoms with E-state index in [9.17, 15) is 18.0 Å². The maximum atomic E-state index is 12.5. The highest BCUT2D eigenvalue weighted by molar-refractivity contribution is 5.79. The van der Waals surface area contributed by atoms with E-state index < -0.39 is 23.8 Å². The zero-order chi connectivity index (χ0) is 17.3. The van der Waals surface area contributed by atoms with Crippen molar-refractivity contribution in [3.8, 4) is 11.5 Å². The Labute approximate surface area is 135 Å². The van der Waals surface area contributed by atoms with Gasteiger partial charge in [0, 0.05) is 12.7 Å². The molecule has 6 nitrogen and oxygen atoms in total. The van der Waals surface area contributed by atoms with Crippen LogP contribution < -0.4 is 14.8 Å². The van der Waals surface area contributed by atoms with E-state index in [2.05, 4.69) is 10.4 Å². The van der Waals surface area contributed by atoms with Crippen LogP contribution in [0.1, 0.15) is 24.2 Å². The summed E-state index contributed by atoms with van der Waals surface area (Å²) in [5.74, 6) is 0.788. The van der Waals surface area contributed by atoms with Gasteiger partial charge in [0.05, 0.1) is 0 Å². The highest BCUT2D eigenvalue weighted by Gasteiger charge is 2.34. The van der Waals surface area contributed by atoms with E-state index in [1.165, 1.54) is 6.92 Å². The number of benzene rings is 1. The zero-order valence-corrected chi connectivity index (χ0v) is 12.6. The molecule has 1 amide bonds. The number of carbonyl (C=O) groups is 1. The molecule has 1 aliphatic heterocycles. The summed E-state index contributed by atoms with van der Waals surface area (Å²) in [6, 6.07) is 5.21. The van der Waals surface area contributed by atoms with Crippen molar-refractivity contribution < 1.29 is 27.4 Å². The van der Waals surface area contributed by atoms with Gasteiger partial charge in [-0.25, -0.2) is 0 Å². The van der Waals surface area contributed by atoms with Gasteiger partial charge in [-0.1, -0.05) is 6.07 Å². The molecule has 1 N–H and O–H groups in total. The third kappa shape index (κ3) is 3.29. The van der Waals surface area contributed by atoms with Crippen LogP contribution in [0.3, 0.4) is 0 Å². The molecule has 0 saturated carbocycles. The summed E-state index contributed by atoms with van der Waals surface area (Å²) in [5.41, 5.74) is -0.242. The van der Waals surface area contributed by atoms with E-state index in [1.54, 1.807) is 18.2 Å². The van der Waals surface area contributed by atoms with Crippen molar-refractivity contribution in [2.24, 2.45) is 0 Å². The summed E-state index contributed by atoms with van der Waals surface area (Å²) in [7, 11) is 0. The highest BCUT2D eigenvalue weighted by atomic mass is 19.4. The van der Waals surface area contributed by atoms with Crippen molar-refractivity contribution >= 4 is 5.91 Å². The van der Waals surface area contributed by atoms with Crippen LogP contribution in [0.15, 0.2) is 30.5 Å². The predicted octanol–water partition coefficient (Wildman–Crippen LogP) is 2.51. The molecular formula is C15H14F3N3O3. The Hall–Kier alpha value is -2.71. The SMILES string of the molecule is CC(C(=O)NCc1ccc2c(c1)OCO2)n1ccc(C(F)(F)F)n1. The Morgan fingerprint density at radius 1 is 1.33 bits per heavy atom. The van der Waals surface area contributed by atoms with Crippen molar-refractivity contribution in [3.63, 3.8) is 0 Å². The molecule has 2 heterocycles. The number of aromatic nitrogens is 2. The van der Waals surface area contributed by atoms with Crippen LogP contribution in [-0.2, 0) is 17.5 Å². The lowest BCUT2D eigenvalue weighted by Crippen LogP contribution is -2.31. The Bertz CT molecular complexity index is 758. The number of nitrogens with one attached hydrogen (secondary N) is 1. The van der Waals surface area contributed by atoms with Gasteiger partial charge in [0.2, 0.25) is 12.7 Å². The minimum atomic E-state index is -4.53. The fourth-order valence-electron chi connectivity index (χ4n) is 2.21. The first kappa shape index (κ1) is 16.2. The predicted molar refractivity (Wildman–Crippen MR) is 76.4 cm³/mol. The number of halogens is 3. The molecule has 1 unspecified atom stereocenters. The van der Waals surface area contributed by atoms with Crippen molar-refractivity contribution in [2.45, 2.75) is 25.7 Å². The Morgan fingerprint density at radius 3 is 2.79 bits per heavy atom. The number of carbonyl (C=O) groups excluding carboxylic acids is 1. The van der Waals surface area contributed by atoms with E-state index >= 15 is 0 Å². The second-order valence-corrected chi connectivity index (χ2v) is 5.26. The van der Waals surface area contributed by atoms with E-state index in [1.807, 2.05) is 0 Å². The third-order valence-corrected chi connectivity index (χ3v) is 3.58. The normalized spacial score (nSPS) is 14.5. The minimum absolute atomic E-state index is 0.156. The number of ether oxygens (including phenoxy) is 2. The van der Waals surface area contributed by atoms with Gasteiger partial charge in [-0.05, 0) is 30.7 Å². The fourth-order valence-corrected chi connectivity index (χ4v) is 2.21. The Kier molecular flexibility index (Phi) is 4.08. The second-order valence-electron chi connectivity index (χ2n) is 5.26. The van der Waals surface area contributed by atoms with Gasteiger partial charge in [-0.3, -0.25) is 9.48 Å². The van der Waals surface area contributed by atoms with Crippen LogP contribution in [0, 0.1) is 0 Å². The lowest BCUT2D eigenvalue weighted by molar-refractivity contribution is -0.142. The second kappa shape index (κ2) is 6.06. The molecule has 9 heteroatoms. The zero-order valence-electron chi connectivity index (χ0n) is 12.6. The average Bonchev–Trinajstić information content (AvgIpc) is 3.19. The van der Waals surface area contributed by atoms with Crippen molar-refractivity contribution in [3.05, 3.63) is 41.7 Å². The van der Waals surface area contributed by atoms with Crippen LogP contribution in [0.5, 0.6) is 11.5 Å². The summed E-state index contributed by atoms with van der Waals surface area (Å²) in [6.07, 6.45) is -3.40. The lowest BCUT2D eigenvalue weighted by atomic mass is 10.2. The van der Waals surface area contributed by atoms with Crippen LogP contribution in [-0.4, -0.2) is 22.5 Å². The molecular weight excluding hydrogens is 327 g/mol. The Balaban J connectivity index is 1.61. The smallest absolute Gasteiger partial charge is 0.435 e. The monoisotopic (exact) mass is 341 g/mol. The van der Waals surface area contributed by atoms with Gasteiger partial charge in [-0.15, -0.1) is 0 Å². The molecule has 24 heavy (non-hydrogen) atoms. The standard InChI is InChI=1S/C15H14F3N3O3/c1-9(21-5-4-13(20-21)15(16,17)18)14(22)19-7-10-2-3-11-12(6-10)24-8-23-11/h2-6,9H,7-8H2,1H3,(H,19,22). The van der Waals surface area contributed by atoms with Crippen LogP contribution in [0.4, 0.5) is 13.2 Å². The summed E-state index contributed by atoms with van der Waals surface area (Å²) in [6.45, 7) is 1.85. The first-order valence-electron chi connectivity index (χ1n) is 7.13. The number of rotatable bonds is 4. The number of hydrogen-bond donors (Lipinski definition) is 1. The van der Waals surface area contributed by atoms with Gasteiger partial charge in [0.25, 0.3) is 0 Å². The fraction of sp³-hybridized carbons (Fsp3) is 0.333. The van der Waals surface area contributed by atoms with Gasteiger partial charge in [0.1, 0.15) is 6.04 Å². The summed E-state index contributed by atoms with van der Waals surface area (Å²) >= 11 is 0. The maximum Gasteiger partial charge on any atom is 0.435 e. The quantitative estimate of drug-likeness (QED) is 0.928. The third-order valence-electron chi connectivity index (χ3n) is 3.58. The summed E-state index contributed by atoms with van der Waals surface area (Å²) < 4.78 is 49.1. The first-order valence-corrected chi connectivity index (χ1v) is 7.13. The summed E-state index contributed by atoms with van der Waals surface area (Å²) in [4.78, 5) is 12.1. The molecule has 1 aliphatic rings. The number of nitrogens with zero attached hydrogens (tertiary/aromatic N) is 2. The van der Waals surface area contributed by atoms with E-state index in [0.29, 0.717) is 11.5 Å². The van der Waals surface area contributed by atoms with Gasteiger partial charge < -0.3 is 14.8 Å². The van der Waals surface area contributed by atoms with E-state index in [-0.39, 0.29) is 13.3 Å². The molecule has 0 saturated heterocycles. The number of fused-ring (bicyclic) bond motifs is 1. The molecule has 0 spiro atoms. The number of alkyl halides is 3. The molecule has 0 fully saturated rings. The van der Waals surface area contributed by atoms with Crippen LogP contribution in [0.25, 0.3) is 0 Å². The molecule has 1 aromatic carbocycles.